The molecule has 10 heteroatoms. The molecule has 4 rings (SSSR count). The minimum absolute atomic E-state index is 0.0459. The Labute approximate surface area is 229 Å². The highest BCUT2D eigenvalue weighted by molar-refractivity contribution is 5.72. The molecule has 7 nitrogen and oxygen atoms in total. The predicted molar refractivity (Wildman–Crippen MR) is 141 cm³/mol. The topological polar surface area (TPSA) is 74.3 Å². The van der Waals surface area contributed by atoms with Gasteiger partial charge in [-0.15, -0.1) is 0 Å². The number of nitrogens with zero attached hydrogens (tertiary/aromatic N) is 1. The summed E-state index contributed by atoms with van der Waals surface area (Å²) in [4.78, 5) is 25.9. The summed E-state index contributed by atoms with van der Waals surface area (Å²) in [6, 6.07) is 17.9. The van der Waals surface area contributed by atoms with Gasteiger partial charge in [-0.1, -0.05) is 30.9 Å². The SMILES string of the molecule is C=CCOC(=O)Cc1ccc(OC2CCN(C(=O)Oc3ccc(Oc4cccc(C(F)(F)F)c4)cc3)CC2)cc1. The molecule has 3 aromatic rings. The largest absolute Gasteiger partial charge is 0.490 e. The molecule has 0 saturated carbocycles. The average molecular weight is 556 g/mol. The van der Waals surface area contributed by atoms with E-state index in [1.54, 1.807) is 17.0 Å². The number of esters is 1. The molecule has 0 aliphatic carbocycles. The zero-order chi connectivity index (χ0) is 28.5. The van der Waals surface area contributed by atoms with Gasteiger partial charge in [0, 0.05) is 25.9 Å². The molecule has 210 valence electrons. The van der Waals surface area contributed by atoms with Gasteiger partial charge in [0.2, 0.25) is 0 Å². The first-order chi connectivity index (χ1) is 19.2. The minimum atomic E-state index is -4.46. The minimum Gasteiger partial charge on any atom is -0.490 e. The highest BCUT2D eigenvalue weighted by Crippen LogP contribution is 2.33. The average Bonchev–Trinajstić information content (AvgIpc) is 2.94. The third-order valence-electron chi connectivity index (χ3n) is 6.06. The van der Waals surface area contributed by atoms with Gasteiger partial charge in [0.15, 0.2) is 0 Å². The van der Waals surface area contributed by atoms with Crippen molar-refractivity contribution in [1.29, 1.82) is 0 Å². The second-order valence-corrected chi connectivity index (χ2v) is 9.06. The molecule has 1 heterocycles. The van der Waals surface area contributed by atoms with Crippen LogP contribution in [0.1, 0.15) is 24.0 Å². The van der Waals surface area contributed by atoms with Gasteiger partial charge in [0.1, 0.15) is 35.7 Å². The van der Waals surface area contributed by atoms with Crippen molar-refractivity contribution < 1.29 is 41.7 Å². The van der Waals surface area contributed by atoms with Gasteiger partial charge in [0.25, 0.3) is 0 Å². The Balaban J connectivity index is 1.21. The van der Waals surface area contributed by atoms with Crippen LogP contribution in [0.25, 0.3) is 0 Å². The Morgan fingerprint density at radius 2 is 1.55 bits per heavy atom. The maximum atomic E-state index is 12.9. The fourth-order valence-corrected chi connectivity index (χ4v) is 4.02. The van der Waals surface area contributed by atoms with Crippen molar-refractivity contribution in [2.75, 3.05) is 19.7 Å². The number of hydrogen-bond donors (Lipinski definition) is 0. The van der Waals surface area contributed by atoms with E-state index in [1.807, 2.05) is 12.1 Å². The fraction of sp³-hybridized carbons (Fsp3) is 0.267. The molecule has 3 aromatic carbocycles. The third kappa shape index (κ3) is 8.26. The van der Waals surface area contributed by atoms with Crippen molar-refractivity contribution in [2.24, 2.45) is 0 Å². The first-order valence-corrected chi connectivity index (χ1v) is 12.6. The molecule has 1 saturated heterocycles. The zero-order valence-corrected chi connectivity index (χ0v) is 21.6. The lowest BCUT2D eigenvalue weighted by molar-refractivity contribution is -0.141. The number of likely N-dealkylation sites (tertiary alicyclic amines) is 1. The quantitative estimate of drug-likeness (QED) is 0.213. The highest BCUT2D eigenvalue weighted by atomic mass is 19.4. The van der Waals surface area contributed by atoms with E-state index in [9.17, 15) is 22.8 Å². The van der Waals surface area contributed by atoms with Crippen LogP contribution in [0.5, 0.6) is 23.0 Å². The number of benzene rings is 3. The van der Waals surface area contributed by atoms with Crippen molar-refractivity contribution in [3.05, 3.63) is 96.6 Å². The monoisotopic (exact) mass is 555 g/mol. The van der Waals surface area contributed by atoms with Crippen molar-refractivity contribution in [1.82, 2.24) is 4.90 Å². The van der Waals surface area contributed by atoms with Crippen LogP contribution >= 0.6 is 0 Å². The molecule has 1 aliphatic rings. The molecule has 0 aromatic heterocycles. The van der Waals surface area contributed by atoms with Gasteiger partial charge in [-0.3, -0.25) is 4.79 Å². The van der Waals surface area contributed by atoms with E-state index in [0.717, 1.165) is 17.7 Å². The molecule has 0 spiro atoms. The molecule has 0 atom stereocenters. The highest BCUT2D eigenvalue weighted by Gasteiger charge is 2.30. The number of halogens is 3. The van der Waals surface area contributed by atoms with Crippen molar-refractivity contribution in [3.8, 4) is 23.0 Å². The second kappa shape index (κ2) is 13.1. The molecule has 0 unspecified atom stereocenters. The maximum Gasteiger partial charge on any atom is 0.416 e. The molecule has 0 bridgehead atoms. The van der Waals surface area contributed by atoms with Crippen LogP contribution in [-0.2, 0) is 22.1 Å². The fourth-order valence-electron chi connectivity index (χ4n) is 4.02. The summed E-state index contributed by atoms with van der Waals surface area (Å²) in [6.07, 6.45) is -2.11. The Morgan fingerprint density at radius 1 is 0.900 bits per heavy atom. The number of rotatable bonds is 9. The first kappa shape index (κ1) is 28.5. The Kier molecular flexibility index (Phi) is 9.31. The molecule has 40 heavy (non-hydrogen) atoms. The summed E-state index contributed by atoms with van der Waals surface area (Å²) < 4.78 is 60.7. The predicted octanol–water partition coefficient (Wildman–Crippen LogP) is 6.81. The van der Waals surface area contributed by atoms with Gasteiger partial charge < -0.3 is 23.8 Å². The number of alkyl halides is 3. The summed E-state index contributed by atoms with van der Waals surface area (Å²) in [5.74, 6) is 0.986. The summed E-state index contributed by atoms with van der Waals surface area (Å²) in [7, 11) is 0. The van der Waals surface area contributed by atoms with Crippen LogP contribution in [-0.4, -0.2) is 42.8 Å². The van der Waals surface area contributed by atoms with Gasteiger partial charge in [-0.05, 0) is 60.2 Å². The molecule has 1 fully saturated rings. The smallest absolute Gasteiger partial charge is 0.416 e. The van der Waals surface area contributed by atoms with Crippen LogP contribution in [0, 0.1) is 0 Å². The molecular formula is C30H28F3NO6. The van der Waals surface area contributed by atoms with Crippen molar-refractivity contribution in [2.45, 2.75) is 31.5 Å². The van der Waals surface area contributed by atoms with E-state index >= 15 is 0 Å². The second-order valence-electron chi connectivity index (χ2n) is 9.06. The van der Waals surface area contributed by atoms with Crippen LogP contribution < -0.4 is 14.2 Å². The maximum absolute atomic E-state index is 12.9. The first-order valence-electron chi connectivity index (χ1n) is 12.6. The van der Waals surface area contributed by atoms with E-state index in [0.29, 0.717) is 37.4 Å². The van der Waals surface area contributed by atoms with E-state index in [4.69, 9.17) is 18.9 Å². The van der Waals surface area contributed by atoms with E-state index in [-0.39, 0.29) is 36.6 Å². The summed E-state index contributed by atoms with van der Waals surface area (Å²) >= 11 is 0. The summed E-state index contributed by atoms with van der Waals surface area (Å²) in [6.45, 7) is 4.59. The summed E-state index contributed by atoms with van der Waals surface area (Å²) in [5, 5.41) is 0. The lowest BCUT2D eigenvalue weighted by Gasteiger charge is -2.31. The number of ether oxygens (including phenoxy) is 4. The lowest BCUT2D eigenvalue weighted by Crippen LogP contribution is -2.43. The molecule has 0 N–H and O–H groups in total. The number of hydrogen-bond acceptors (Lipinski definition) is 6. The molecular weight excluding hydrogens is 527 g/mol. The Hall–Kier alpha value is -4.47. The molecule has 0 radical (unpaired) electrons. The Morgan fingerprint density at radius 3 is 2.20 bits per heavy atom. The zero-order valence-electron chi connectivity index (χ0n) is 21.6. The van der Waals surface area contributed by atoms with Crippen LogP contribution in [0.4, 0.5) is 18.0 Å². The van der Waals surface area contributed by atoms with E-state index < -0.39 is 17.8 Å². The van der Waals surface area contributed by atoms with Crippen LogP contribution in [0.2, 0.25) is 0 Å². The lowest BCUT2D eigenvalue weighted by atomic mass is 10.1. The number of piperidine rings is 1. The van der Waals surface area contributed by atoms with E-state index in [1.165, 1.54) is 42.5 Å². The van der Waals surface area contributed by atoms with Gasteiger partial charge in [0.05, 0.1) is 12.0 Å². The van der Waals surface area contributed by atoms with E-state index in [2.05, 4.69) is 6.58 Å². The molecule has 1 aliphatic heterocycles. The number of carbonyl (C=O) groups is 2. The van der Waals surface area contributed by atoms with Crippen molar-refractivity contribution in [3.63, 3.8) is 0 Å². The standard InChI is InChI=1S/C30H28F3NO6/c1-2-18-37-28(35)19-21-6-8-23(9-7-21)38-26-14-16-34(17-15-26)29(36)40-25-12-10-24(11-13-25)39-27-5-3-4-22(20-27)30(31,32)33/h2-13,20,26H,1,14-19H2. The third-order valence-corrected chi connectivity index (χ3v) is 6.06. The van der Waals surface area contributed by atoms with Crippen LogP contribution in [0.3, 0.4) is 0 Å². The number of carbonyl (C=O) groups excluding carboxylic acids is 2. The van der Waals surface area contributed by atoms with Crippen molar-refractivity contribution >= 4 is 12.1 Å². The Bertz CT molecular complexity index is 1300. The van der Waals surface area contributed by atoms with Gasteiger partial charge in [-0.2, -0.15) is 13.2 Å². The summed E-state index contributed by atoms with van der Waals surface area (Å²) in [5.41, 5.74) is 0.00980. The number of amides is 1. The normalized spacial score (nSPS) is 13.8. The molecule has 1 amide bonds. The van der Waals surface area contributed by atoms with Crippen LogP contribution in [0.15, 0.2) is 85.5 Å². The van der Waals surface area contributed by atoms with Gasteiger partial charge >= 0.3 is 18.2 Å². The van der Waals surface area contributed by atoms with Gasteiger partial charge in [-0.25, -0.2) is 4.79 Å².